The van der Waals surface area contributed by atoms with Crippen LogP contribution < -0.4 is 11.1 Å². The first-order valence-corrected chi connectivity index (χ1v) is 5.70. The zero-order valence-electron chi connectivity index (χ0n) is 8.99. The maximum atomic E-state index is 11.4. The van der Waals surface area contributed by atoms with Gasteiger partial charge in [-0.2, -0.15) is 0 Å². The number of nitrogens with two attached hydrogens (primary N) is 1. The summed E-state index contributed by atoms with van der Waals surface area (Å²) in [4.78, 5) is 11.8. The number of nitrogens with one attached hydrogen (secondary N) is 1. The quantitative estimate of drug-likeness (QED) is 0.684. The highest BCUT2D eigenvalue weighted by molar-refractivity contribution is 7.80. The second-order valence-electron chi connectivity index (χ2n) is 3.87. The molecule has 1 amide bonds. The van der Waals surface area contributed by atoms with E-state index in [9.17, 15) is 4.79 Å². The van der Waals surface area contributed by atoms with Crippen molar-refractivity contribution in [2.24, 2.45) is 5.73 Å². The van der Waals surface area contributed by atoms with Gasteiger partial charge in [0.05, 0.1) is 17.1 Å². The summed E-state index contributed by atoms with van der Waals surface area (Å²) in [5, 5.41) is 2.74. The van der Waals surface area contributed by atoms with Crippen molar-refractivity contribution in [3.8, 4) is 0 Å². The number of hydrogen-bond donors (Lipinski definition) is 2. The Balaban J connectivity index is 2.15. The number of rotatable bonds is 5. The molecule has 1 saturated heterocycles. The van der Waals surface area contributed by atoms with Crippen molar-refractivity contribution >= 4 is 23.1 Å². The maximum Gasteiger partial charge on any atom is 0.220 e. The summed E-state index contributed by atoms with van der Waals surface area (Å²) >= 11 is 4.77. The van der Waals surface area contributed by atoms with Crippen molar-refractivity contribution in [2.75, 3.05) is 6.61 Å². The first-order valence-electron chi connectivity index (χ1n) is 5.30. The van der Waals surface area contributed by atoms with E-state index in [2.05, 4.69) is 5.32 Å². The zero-order valence-corrected chi connectivity index (χ0v) is 9.81. The lowest BCUT2D eigenvalue weighted by molar-refractivity contribution is -0.121. The Bertz CT molecular complexity index is 240. The van der Waals surface area contributed by atoms with Gasteiger partial charge >= 0.3 is 0 Å². The highest BCUT2D eigenvalue weighted by Crippen LogP contribution is 2.16. The third-order valence-electron chi connectivity index (χ3n) is 2.52. The highest BCUT2D eigenvalue weighted by atomic mass is 32.1. The first-order chi connectivity index (χ1) is 7.09. The van der Waals surface area contributed by atoms with Crippen molar-refractivity contribution in [3.05, 3.63) is 0 Å². The summed E-state index contributed by atoms with van der Waals surface area (Å²) in [6.45, 7) is 2.61. The number of ether oxygens (including phenoxy) is 1. The molecule has 5 heteroatoms. The molecule has 0 aliphatic carbocycles. The molecule has 0 aromatic rings. The van der Waals surface area contributed by atoms with Crippen LogP contribution in [-0.4, -0.2) is 29.6 Å². The van der Waals surface area contributed by atoms with Crippen LogP contribution in [0.3, 0.4) is 0 Å². The Morgan fingerprint density at radius 2 is 2.47 bits per heavy atom. The molecule has 2 unspecified atom stereocenters. The second-order valence-corrected chi connectivity index (χ2v) is 4.34. The van der Waals surface area contributed by atoms with Gasteiger partial charge in [-0.1, -0.05) is 12.2 Å². The standard InChI is InChI=1S/C10H18N2O2S/c1-7(10(11)15)12-9(13)5-4-8-3-2-6-14-8/h7-8H,2-6H2,1H3,(H2,11,15)(H,12,13). The largest absolute Gasteiger partial charge is 0.392 e. The number of amides is 1. The fraction of sp³-hybridized carbons (Fsp3) is 0.800. The molecule has 1 rings (SSSR count). The molecule has 0 saturated carbocycles. The van der Waals surface area contributed by atoms with E-state index in [0.29, 0.717) is 11.4 Å². The predicted molar refractivity (Wildman–Crippen MR) is 62.6 cm³/mol. The van der Waals surface area contributed by atoms with Crippen LogP contribution in [0.5, 0.6) is 0 Å². The summed E-state index contributed by atoms with van der Waals surface area (Å²) < 4.78 is 5.43. The molecule has 0 aromatic heterocycles. The fourth-order valence-electron chi connectivity index (χ4n) is 1.55. The molecule has 0 radical (unpaired) electrons. The normalized spacial score (nSPS) is 22.3. The molecule has 3 N–H and O–H groups in total. The molecule has 1 fully saturated rings. The van der Waals surface area contributed by atoms with Gasteiger partial charge in [-0.25, -0.2) is 0 Å². The third kappa shape index (κ3) is 4.57. The Morgan fingerprint density at radius 1 is 1.73 bits per heavy atom. The molecule has 1 heterocycles. The van der Waals surface area contributed by atoms with Gasteiger partial charge in [-0.3, -0.25) is 4.79 Å². The first kappa shape index (κ1) is 12.4. The average Bonchev–Trinajstić information content (AvgIpc) is 2.66. The van der Waals surface area contributed by atoms with Gasteiger partial charge in [0.15, 0.2) is 0 Å². The molecular weight excluding hydrogens is 212 g/mol. The van der Waals surface area contributed by atoms with Crippen molar-refractivity contribution in [1.82, 2.24) is 5.32 Å². The Kier molecular flexibility index (Phi) is 4.98. The van der Waals surface area contributed by atoms with E-state index in [1.165, 1.54) is 0 Å². The maximum absolute atomic E-state index is 11.4. The number of thiocarbonyl (C=S) groups is 1. The summed E-state index contributed by atoms with van der Waals surface area (Å²) in [5.74, 6) is -0.00852. The van der Waals surface area contributed by atoms with Gasteiger partial charge in [-0.05, 0) is 26.2 Å². The van der Waals surface area contributed by atoms with Gasteiger partial charge in [0.25, 0.3) is 0 Å². The van der Waals surface area contributed by atoms with Crippen molar-refractivity contribution in [3.63, 3.8) is 0 Å². The van der Waals surface area contributed by atoms with E-state index >= 15 is 0 Å². The van der Waals surface area contributed by atoms with Crippen LogP contribution in [0.4, 0.5) is 0 Å². The summed E-state index contributed by atoms with van der Waals surface area (Å²) in [6, 6.07) is -0.225. The van der Waals surface area contributed by atoms with Gasteiger partial charge in [0.1, 0.15) is 0 Å². The van der Waals surface area contributed by atoms with Gasteiger partial charge in [-0.15, -0.1) is 0 Å². The van der Waals surface area contributed by atoms with Crippen LogP contribution in [0.15, 0.2) is 0 Å². The molecule has 1 aliphatic rings. The summed E-state index contributed by atoms with van der Waals surface area (Å²) in [6.07, 6.45) is 3.71. The van der Waals surface area contributed by atoms with E-state index in [1.54, 1.807) is 6.92 Å². The molecule has 4 nitrogen and oxygen atoms in total. The van der Waals surface area contributed by atoms with Crippen LogP contribution in [0.2, 0.25) is 0 Å². The van der Waals surface area contributed by atoms with Gasteiger partial charge < -0.3 is 15.8 Å². The third-order valence-corrected chi connectivity index (χ3v) is 2.88. The van der Waals surface area contributed by atoms with Crippen LogP contribution in [0, 0.1) is 0 Å². The SMILES string of the molecule is CC(NC(=O)CCC1CCCO1)C(N)=S. The molecular formula is C10H18N2O2S. The molecule has 0 bridgehead atoms. The molecule has 2 atom stereocenters. The van der Waals surface area contributed by atoms with E-state index in [-0.39, 0.29) is 18.1 Å². The molecule has 15 heavy (non-hydrogen) atoms. The van der Waals surface area contributed by atoms with Crippen molar-refractivity contribution in [1.29, 1.82) is 0 Å². The van der Waals surface area contributed by atoms with E-state index in [1.807, 2.05) is 0 Å². The zero-order chi connectivity index (χ0) is 11.3. The topological polar surface area (TPSA) is 64.3 Å². The van der Waals surface area contributed by atoms with Crippen LogP contribution in [0.1, 0.15) is 32.6 Å². The Hall–Kier alpha value is -0.680. The van der Waals surface area contributed by atoms with E-state index in [4.69, 9.17) is 22.7 Å². The molecule has 86 valence electrons. The predicted octanol–water partition coefficient (Wildman–Crippen LogP) is 0.736. The number of carbonyl (C=O) groups is 1. The molecule has 1 aliphatic heterocycles. The Morgan fingerprint density at radius 3 is 3.00 bits per heavy atom. The lowest BCUT2D eigenvalue weighted by atomic mass is 10.1. The molecule has 0 spiro atoms. The monoisotopic (exact) mass is 230 g/mol. The summed E-state index contributed by atoms with van der Waals surface area (Å²) in [5.41, 5.74) is 5.39. The minimum Gasteiger partial charge on any atom is -0.392 e. The average molecular weight is 230 g/mol. The van der Waals surface area contributed by atoms with Crippen molar-refractivity contribution in [2.45, 2.75) is 44.8 Å². The second kappa shape index (κ2) is 6.02. The van der Waals surface area contributed by atoms with Crippen LogP contribution in [-0.2, 0) is 9.53 Å². The highest BCUT2D eigenvalue weighted by Gasteiger charge is 2.17. The van der Waals surface area contributed by atoms with E-state index in [0.717, 1.165) is 25.9 Å². The number of carbonyl (C=O) groups excluding carboxylic acids is 1. The van der Waals surface area contributed by atoms with E-state index < -0.39 is 0 Å². The smallest absolute Gasteiger partial charge is 0.220 e. The van der Waals surface area contributed by atoms with Crippen LogP contribution >= 0.6 is 12.2 Å². The molecule has 0 aromatic carbocycles. The summed E-state index contributed by atoms with van der Waals surface area (Å²) in [7, 11) is 0. The number of hydrogen-bond acceptors (Lipinski definition) is 3. The Labute approximate surface area is 95.5 Å². The minimum absolute atomic E-state index is 0.00852. The lowest BCUT2D eigenvalue weighted by Gasteiger charge is -2.13. The van der Waals surface area contributed by atoms with Crippen molar-refractivity contribution < 1.29 is 9.53 Å². The van der Waals surface area contributed by atoms with Crippen LogP contribution in [0.25, 0.3) is 0 Å². The van der Waals surface area contributed by atoms with Gasteiger partial charge in [0, 0.05) is 13.0 Å². The fourth-order valence-corrected chi connectivity index (χ4v) is 1.61. The van der Waals surface area contributed by atoms with Gasteiger partial charge in [0.2, 0.25) is 5.91 Å². The minimum atomic E-state index is -0.225. The lowest BCUT2D eigenvalue weighted by Crippen LogP contribution is -2.41.